The normalized spacial score (nSPS) is 15.0. The minimum Gasteiger partial charge on any atom is -0.481 e. The van der Waals surface area contributed by atoms with E-state index in [0.717, 1.165) is 11.1 Å². The van der Waals surface area contributed by atoms with Crippen molar-refractivity contribution in [3.8, 4) is 0 Å². The van der Waals surface area contributed by atoms with E-state index in [1.165, 1.54) is 0 Å². The second kappa shape index (κ2) is 6.17. The molecule has 0 aliphatic heterocycles. The third-order valence-electron chi connectivity index (χ3n) is 2.81. The molecule has 0 radical (unpaired) electrons. The number of aliphatic carboxylic acids is 1. The molecule has 0 aromatic heterocycles. The molecule has 0 aliphatic carbocycles. The van der Waals surface area contributed by atoms with Gasteiger partial charge in [0.25, 0.3) is 0 Å². The first kappa shape index (κ1) is 15.7. The number of carboxylic acids is 1. The van der Waals surface area contributed by atoms with Crippen LogP contribution in [0.15, 0.2) is 24.3 Å². The molecule has 4 heteroatoms. The molecule has 1 rings (SSSR count). The number of carboxylic acid groups (broad SMARTS) is 1. The minimum absolute atomic E-state index is 0.119. The van der Waals surface area contributed by atoms with Crippen LogP contribution < -0.4 is 5.32 Å². The molecule has 0 saturated heterocycles. The molecule has 0 bridgehead atoms. The zero-order valence-electron chi connectivity index (χ0n) is 12.0. The van der Waals surface area contributed by atoms with Gasteiger partial charge in [-0.2, -0.15) is 0 Å². The fourth-order valence-electron chi connectivity index (χ4n) is 1.98. The van der Waals surface area contributed by atoms with Crippen LogP contribution in [-0.4, -0.2) is 27.8 Å². The summed E-state index contributed by atoms with van der Waals surface area (Å²) in [6, 6.07) is 6.97. The lowest BCUT2D eigenvalue weighted by Crippen LogP contribution is -2.47. The lowest BCUT2D eigenvalue weighted by molar-refractivity contribution is -0.138. The third-order valence-corrected chi connectivity index (χ3v) is 2.81. The maximum absolute atomic E-state index is 10.9. The monoisotopic (exact) mass is 265 g/mol. The maximum atomic E-state index is 10.9. The molecular formula is C15H23NO3. The predicted molar refractivity (Wildman–Crippen MR) is 75.1 cm³/mol. The molecule has 0 aliphatic rings. The molecule has 0 amide bonds. The van der Waals surface area contributed by atoms with Crippen LogP contribution in [0.5, 0.6) is 0 Å². The highest BCUT2D eigenvalue weighted by Crippen LogP contribution is 2.21. The SMILES string of the molecule is Cc1ccc(C(O)C(CC(=O)O)NC(C)(C)C)cc1. The van der Waals surface area contributed by atoms with Crippen molar-refractivity contribution in [2.45, 2.75) is 51.8 Å². The first-order valence-electron chi connectivity index (χ1n) is 6.43. The van der Waals surface area contributed by atoms with E-state index < -0.39 is 18.1 Å². The molecule has 2 unspecified atom stereocenters. The molecule has 4 nitrogen and oxygen atoms in total. The van der Waals surface area contributed by atoms with E-state index in [9.17, 15) is 9.90 Å². The summed E-state index contributed by atoms with van der Waals surface area (Å²) >= 11 is 0. The number of hydrogen-bond donors (Lipinski definition) is 3. The van der Waals surface area contributed by atoms with Crippen molar-refractivity contribution in [2.75, 3.05) is 0 Å². The molecule has 0 fully saturated rings. The van der Waals surface area contributed by atoms with E-state index >= 15 is 0 Å². The molecular weight excluding hydrogens is 242 g/mol. The van der Waals surface area contributed by atoms with Gasteiger partial charge in [0.05, 0.1) is 12.5 Å². The zero-order valence-corrected chi connectivity index (χ0v) is 12.0. The lowest BCUT2D eigenvalue weighted by Gasteiger charge is -2.31. The Morgan fingerprint density at radius 3 is 2.21 bits per heavy atom. The summed E-state index contributed by atoms with van der Waals surface area (Å²) < 4.78 is 0. The molecule has 1 aromatic rings. The van der Waals surface area contributed by atoms with Crippen molar-refractivity contribution in [3.63, 3.8) is 0 Å². The zero-order chi connectivity index (χ0) is 14.6. The van der Waals surface area contributed by atoms with Gasteiger partial charge >= 0.3 is 5.97 Å². The van der Waals surface area contributed by atoms with Crippen molar-refractivity contribution in [1.82, 2.24) is 5.32 Å². The summed E-state index contributed by atoms with van der Waals surface area (Å²) in [5.74, 6) is -0.923. The fraction of sp³-hybridized carbons (Fsp3) is 0.533. The van der Waals surface area contributed by atoms with Crippen molar-refractivity contribution in [3.05, 3.63) is 35.4 Å². The second-order valence-corrected chi connectivity index (χ2v) is 5.95. The topological polar surface area (TPSA) is 69.6 Å². The van der Waals surface area contributed by atoms with E-state index in [-0.39, 0.29) is 12.0 Å². The molecule has 1 aromatic carbocycles. The van der Waals surface area contributed by atoms with E-state index in [1.54, 1.807) is 0 Å². The molecule has 106 valence electrons. The average molecular weight is 265 g/mol. The quantitative estimate of drug-likeness (QED) is 0.764. The summed E-state index contributed by atoms with van der Waals surface area (Å²) in [6.45, 7) is 7.81. The summed E-state index contributed by atoms with van der Waals surface area (Å²) in [7, 11) is 0. The Morgan fingerprint density at radius 2 is 1.79 bits per heavy atom. The predicted octanol–water partition coefficient (Wildman–Crippen LogP) is 2.26. The van der Waals surface area contributed by atoms with Crippen molar-refractivity contribution >= 4 is 5.97 Å². The van der Waals surface area contributed by atoms with Gasteiger partial charge in [-0.25, -0.2) is 0 Å². The minimum atomic E-state index is -0.923. The van der Waals surface area contributed by atoms with Crippen LogP contribution in [0.25, 0.3) is 0 Å². The summed E-state index contributed by atoms with van der Waals surface area (Å²) in [5.41, 5.74) is 1.58. The van der Waals surface area contributed by atoms with Gasteiger partial charge in [-0.15, -0.1) is 0 Å². The smallest absolute Gasteiger partial charge is 0.305 e. The molecule has 2 atom stereocenters. The Balaban J connectivity index is 2.89. The van der Waals surface area contributed by atoms with Gasteiger partial charge in [0.15, 0.2) is 0 Å². The molecule has 19 heavy (non-hydrogen) atoms. The first-order valence-corrected chi connectivity index (χ1v) is 6.43. The number of nitrogens with one attached hydrogen (secondary N) is 1. The highest BCUT2D eigenvalue weighted by molar-refractivity contribution is 5.67. The number of carbonyl (C=O) groups is 1. The summed E-state index contributed by atoms with van der Waals surface area (Å²) in [4.78, 5) is 10.9. The average Bonchev–Trinajstić information content (AvgIpc) is 2.25. The number of aryl methyl sites for hydroxylation is 1. The van der Waals surface area contributed by atoms with Crippen molar-refractivity contribution in [1.29, 1.82) is 0 Å². The number of benzene rings is 1. The Kier molecular flexibility index (Phi) is 5.09. The van der Waals surface area contributed by atoms with E-state index in [1.807, 2.05) is 52.0 Å². The van der Waals surface area contributed by atoms with Crippen LogP contribution >= 0.6 is 0 Å². The van der Waals surface area contributed by atoms with Crippen LogP contribution in [0.2, 0.25) is 0 Å². The Hall–Kier alpha value is -1.39. The summed E-state index contributed by atoms with van der Waals surface area (Å²) in [6.07, 6.45) is -0.956. The third kappa shape index (κ3) is 5.41. The standard InChI is InChI=1S/C15H23NO3/c1-10-5-7-11(8-6-10)14(19)12(9-13(17)18)16-15(2,3)4/h5-8,12,14,16,19H,9H2,1-4H3,(H,17,18). The largest absolute Gasteiger partial charge is 0.481 e. The highest BCUT2D eigenvalue weighted by Gasteiger charge is 2.27. The number of rotatable bonds is 5. The van der Waals surface area contributed by atoms with Gasteiger partial charge < -0.3 is 15.5 Å². The van der Waals surface area contributed by atoms with Crippen LogP contribution in [0.3, 0.4) is 0 Å². The fourth-order valence-corrected chi connectivity index (χ4v) is 1.98. The first-order chi connectivity index (χ1) is 8.69. The Bertz CT molecular complexity index is 420. The van der Waals surface area contributed by atoms with Gasteiger partial charge in [0, 0.05) is 11.6 Å². The summed E-state index contributed by atoms with van der Waals surface area (Å²) in [5, 5.41) is 22.5. The number of hydrogen-bond acceptors (Lipinski definition) is 3. The van der Waals surface area contributed by atoms with E-state index in [2.05, 4.69) is 5.32 Å². The van der Waals surface area contributed by atoms with Crippen LogP contribution in [-0.2, 0) is 4.79 Å². The second-order valence-electron chi connectivity index (χ2n) is 5.95. The van der Waals surface area contributed by atoms with Crippen molar-refractivity contribution in [2.24, 2.45) is 0 Å². The van der Waals surface area contributed by atoms with Gasteiger partial charge in [0.1, 0.15) is 0 Å². The molecule has 0 saturated carbocycles. The van der Waals surface area contributed by atoms with Gasteiger partial charge in [0.2, 0.25) is 0 Å². The van der Waals surface area contributed by atoms with E-state index in [4.69, 9.17) is 5.11 Å². The van der Waals surface area contributed by atoms with Gasteiger partial charge in [-0.05, 0) is 33.3 Å². The highest BCUT2D eigenvalue weighted by atomic mass is 16.4. The Morgan fingerprint density at radius 1 is 1.26 bits per heavy atom. The van der Waals surface area contributed by atoms with Crippen LogP contribution in [0, 0.1) is 6.92 Å². The maximum Gasteiger partial charge on any atom is 0.305 e. The van der Waals surface area contributed by atoms with Gasteiger partial charge in [-0.1, -0.05) is 29.8 Å². The molecule has 0 spiro atoms. The Labute approximate surface area is 114 Å². The molecule has 3 N–H and O–H groups in total. The lowest BCUT2D eigenvalue weighted by atomic mass is 9.96. The van der Waals surface area contributed by atoms with Crippen LogP contribution in [0.4, 0.5) is 0 Å². The number of aliphatic hydroxyl groups is 1. The van der Waals surface area contributed by atoms with Gasteiger partial charge in [-0.3, -0.25) is 4.79 Å². The van der Waals surface area contributed by atoms with Crippen LogP contribution in [0.1, 0.15) is 44.4 Å². The number of aliphatic hydroxyl groups excluding tert-OH is 1. The van der Waals surface area contributed by atoms with E-state index in [0.29, 0.717) is 0 Å². The molecule has 0 heterocycles. The van der Waals surface area contributed by atoms with Crippen molar-refractivity contribution < 1.29 is 15.0 Å².